The molecule has 16 aromatic carbocycles. The van der Waals surface area contributed by atoms with Crippen molar-refractivity contribution in [3.8, 4) is 44.5 Å². The number of aromatic amines is 2. The number of para-hydroxylation sites is 8. The third-order valence-electron chi connectivity index (χ3n) is 24.1. The lowest BCUT2D eigenvalue weighted by atomic mass is 10.0. The molecule has 2 N–H and O–H groups in total. The van der Waals surface area contributed by atoms with Crippen LogP contribution in [0.3, 0.4) is 0 Å². The molecule has 2 aliphatic rings. The molecule has 8 heteroatoms. The summed E-state index contributed by atoms with van der Waals surface area (Å²) < 4.78 is 0. The first kappa shape index (κ1) is 81.3. The molecule has 626 valence electrons. The van der Waals surface area contributed by atoms with Crippen LogP contribution in [-0.4, -0.2) is 19.9 Å². The van der Waals surface area contributed by atoms with E-state index < -0.39 is 0 Å². The maximum atomic E-state index is 5.78. The first-order valence-electron chi connectivity index (χ1n) is 44.7. The van der Waals surface area contributed by atoms with Crippen molar-refractivity contribution < 1.29 is 0 Å². The Morgan fingerprint density at radius 2 is 0.280 bits per heavy atom. The van der Waals surface area contributed by atoms with E-state index in [4.69, 9.17) is 9.97 Å². The highest BCUT2D eigenvalue weighted by Crippen LogP contribution is 2.44. The highest BCUT2D eigenvalue weighted by Gasteiger charge is 2.23. The van der Waals surface area contributed by atoms with Gasteiger partial charge >= 0.3 is 0 Å². The maximum absolute atomic E-state index is 5.78. The van der Waals surface area contributed by atoms with Crippen LogP contribution in [0.5, 0.6) is 0 Å². The van der Waals surface area contributed by atoms with Gasteiger partial charge in [-0.2, -0.15) is 0 Å². The SMILES string of the molecule is C1=Cc2nc1c(-c1ccc(/C=C/c3ccc(N(c4ccccc4)c4ccccc4)cc3)cc1)c1ccc([nH]1)c(-c1ccc(/C=C/c3ccc(N(c4ccccc4)c4ccccc4)cc3)cc1)c1nc(c(-c3ccc(/C=C/c4ccc(N(c5ccccc5)c5ccccc5)cc4)cc3)c3ccc([nH]3)c2-c2ccc(/C=C/c3ccc(N(c4ccccc4)c4ccccc4)cc3)cc2)C=C1. The Morgan fingerprint density at radius 1 is 0.144 bits per heavy atom. The largest absolute Gasteiger partial charge is 0.354 e. The molecule has 21 rings (SSSR count). The summed E-state index contributed by atoms with van der Waals surface area (Å²) in [4.78, 5) is 28.8. The molecule has 0 fully saturated rings. The number of fused-ring (bicyclic) bond motifs is 8. The molecule has 19 aromatic rings. The van der Waals surface area contributed by atoms with Gasteiger partial charge in [0.2, 0.25) is 0 Å². The van der Waals surface area contributed by atoms with E-state index in [2.05, 4.69) is 564 Å². The molecule has 8 nitrogen and oxygen atoms in total. The molecule has 0 amide bonds. The van der Waals surface area contributed by atoms with E-state index in [1.54, 1.807) is 0 Å². The average Bonchev–Trinajstić information content (AvgIpc) is 1.61. The van der Waals surface area contributed by atoms with Crippen LogP contribution in [0, 0.1) is 0 Å². The molecule has 2 aliphatic heterocycles. The highest BCUT2D eigenvalue weighted by atomic mass is 15.2. The standard InChI is InChI=1S/C124H90N8/c1-9-25-101(26-10-1)129(102-27-11-2-12-28-102)109-73-57-93(58-74-109)45-41-89-49-65-97(66-50-89)121-113-81-83-115(125-113)122(98-67-51-90(52-68-98)42-46-94-59-75-110(76-60-94)130(103-29-13-3-14-30-103)104-31-15-4-16-32-104)117-85-87-119(127-117)124(100-71-55-92(56-72-100)44-48-96-63-79-112(80-64-96)132(107-37-21-7-22-38-107)108-39-23-8-24-40-108)120-88-86-118(128-120)123(116-84-82-114(121)126-116)99-69-53-91(54-70-99)43-47-95-61-77-111(78-62-95)131(105-33-17-5-18-34-105)106-35-19-6-20-36-106/h1-88,125,128H/b45-41+,46-42+,47-43+,48-44+,121-113?,121-114?,122-115?,122-117?,123-116?,123-118?,124-119?,124-120?. The van der Waals surface area contributed by atoms with Gasteiger partial charge in [-0.1, -0.05) is 340 Å². The molecule has 8 bridgehead atoms. The summed E-state index contributed by atoms with van der Waals surface area (Å²) >= 11 is 0. The molecule has 0 radical (unpaired) electrons. The van der Waals surface area contributed by atoms with E-state index in [0.29, 0.717) is 0 Å². The van der Waals surface area contributed by atoms with Gasteiger partial charge in [0.15, 0.2) is 0 Å². The van der Waals surface area contributed by atoms with Crippen molar-refractivity contribution in [2.45, 2.75) is 0 Å². The fraction of sp³-hybridized carbons (Fsp3) is 0. The zero-order chi connectivity index (χ0) is 88.1. The summed E-state index contributed by atoms with van der Waals surface area (Å²) in [6.07, 6.45) is 26.2. The monoisotopic (exact) mass is 1690 g/mol. The second kappa shape index (κ2) is 37.8. The Bertz CT molecular complexity index is 6540. The van der Waals surface area contributed by atoms with Crippen molar-refractivity contribution in [1.82, 2.24) is 19.9 Å². The molecule has 0 unspecified atom stereocenters. The second-order valence-electron chi connectivity index (χ2n) is 32.7. The van der Waals surface area contributed by atoms with Gasteiger partial charge in [0.05, 0.1) is 22.8 Å². The molecule has 132 heavy (non-hydrogen) atoms. The Kier molecular flexibility index (Phi) is 23.3. The number of nitrogens with one attached hydrogen (secondary N) is 2. The molecule has 3 aromatic heterocycles. The number of benzene rings is 16. The molecule has 0 aliphatic carbocycles. The Morgan fingerprint density at radius 3 is 0.432 bits per heavy atom. The lowest BCUT2D eigenvalue weighted by molar-refractivity contribution is 1.28. The van der Waals surface area contributed by atoms with E-state index in [1.165, 1.54) is 0 Å². The fourth-order valence-corrected chi connectivity index (χ4v) is 17.6. The summed E-state index contributed by atoms with van der Waals surface area (Å²) in [5, 5.41) is 0. The van der Waals surface area contributed by atoms with Crippen molar-refractivity contribution in [1.29, 1.82) is 0 Å². The van der Waals surface area contributed by atoms with Gasteiger partial charge in [0.25, 0.3) is 0 Å². The van der Waals surface area contributed by atoms with Crippen LogP contribution in [0.15, 0.2) is 461 Å². The average molecular weight is 1690 g/mol. The van der Waals surface area contributed by atoms with Crippen LogP contribution < -0.4 is 19.6 Å². The lowest BCUT2D eigenvalue weighted by Gasteiger charge is -2.25. The fourth-order valence-electron chi connectivity index (χ4n) is 17.6. The zero-order valence-electron chi connectivity index (χ0n) is 72.5. The quantitative estimate of drug-likeness (QED) is 0.0588. The Hall–Kier alpha value is -17.7. The van der Waals surface area contributed by atoms with Crippen molar-refractivity contribution in [3.63, 3.8) is 0 Å². The van der Waals surface area contributed by atoms with Gasteiger partial charge in [-0.25, -0.2) is 9.97 Å². The third kappa shape index (κ3) is 18.0. The van der Waals surface area contributed by atoms with Crippen LogP contribution in [0.25, 0.3) is 139 Å². The van der Waals surface area contributed by atoms with Crippen LogP contribution >= 0.6 is 0 Å². The molecular weight excluding hydrogens is 1600 g/mol. The normalized spacial score (nSPS) is 11.8. The zero-order valence-corrected chi connectivity index (χ0v) is 72.5. The van der Waals surface area contributed by atoms with Crippen molar-refractivity contribution >= 4 is 163 Å². The van der Waals surface area contributed by atoms with Gasteiger partial charge < -0.3 is 29.6 Å². The minimum atomic E-state index is 0.821. The molecule has 0 saturated heterocycles. The van der Waals surface area contributed by atoms with Gasteiger partial charge in [-0.05, 0) is 261 Å². The molecular formula is C124H90N8. The van der Waals surface area contributed by atoms with E-state index in [0.717, 1.165) is 202 Å². The maximum Gasteiger partial charge on any atom is 0.0737 e. The highest BCUT2D eigenvalue weighted by molar-refractivity contribution is 6.01. The van der Waals surface area contributed by atoms with Gasteiger partial charge in [0, 0.05) is 113 Å². The van der Waals surface area contributed by atoms with Crippen LogP contribution in [-0.2, 0) is 0 Å². The minimum Gasteiger partial charge on any atom is -0.354 e. The number of H-pyrrole nitrogens is 2. The van der Waals surface area contributed by atoms with Crippen molar-refractivity contribution in [3.05, 3.63) is 528 Å². The van der Waals surface area contributed by atoms with E-state index >= 15 is 0 Å². The van der Waals surface area contributed by atoms with E-state index in [1.807, 2.05) is 0 Å². The number of nitrogens with zero attached hydrogens (tertiary/aromatic N) is 6. The molecule has 0 atom stereocenters. The number of anilines is 12. The summed E-state index contributed by atoms with van der Waals surface area (Å²) in [5.74, 6) is 0. The predicted molar refractivity (Wildman–Crippen MR) is 561 cm³/mol. The summed E-state index contributed by atoms with van der Waals surface area (Å²) in [6, 6.07) is 164. The Labute approximate surface area is 770 Å². The smallest absolute Gasteiger partial charge is 0.0737 e. The van der Waals surface area contributed by atoms with Crippen LogP contribution in [0.2, 0.25) is 0 Å². The summed E-state index contributed by atoms with van der Waals surface area (Å²) in [6.45, 7) is 0. The van der Waals surface area contributed by atoms with Crippen LogP contribution in [0.1, 0.15) is 67.3 Å². The third-order valence-corrected chi connectivity index (χ3v) is 24.1. The van der Waals surface area contributed by atoms with Crippen molar-refractivity contribution in [2.24, 2.45) is 0 Å². The van der Waals surface area contributed by atoms with Crippen LogP contribution in [0.4, 0.5) is 68.2 Å². The first-order chi connectivity index (χ1) is 65.4. The van der Waals surface area contributed by atoms with E-state index in [9.17, 15) is 0 Å². The van der Waals surface area contributed by atoms with E-state index in [-0.39, 0.29) is 0 Å². The Balaban J connectivity index is 0.670. The number of aromatic nitrogens is 4. The number of rotatable bonds is 24. The number of hydrogen-bond donors (Lipinski definition) is 2. The summed E-state index contributed by atoms with van der Waals surface area (Å²) in [7, 11) is 0. The van der Waals surface area contributed by atoms with Gasteiger partial charge in [0.1, 0.15) is 0 Å². The molecule has 0 spiro atoms. The topological polar surface area (TPSA) is 70.3 Å². The second-order valence-corrected chi connectivity index (χ2v) is 32.7. The lowest BCUT2D eigenvalue weighted by Crippen LogP contribution is -2.09. The van der Waals surface area contributed by atoms with Gasteiger partial charge in [-0.15, -0.1) is 0 Å². The van der Waals surface area contributed by atoms with Crippen molar-refractivity contribution in [2.75, 3.05) is 19.6 Å². The number of hydrogen-bond acceptors (Lipinski definition) is 6. The molecule has 0 saturated carbocycles. The predicted octanol–water partition coefficient (Wildman–Crippen LogP) is 33.9. The summed E-state index contributed by atoms with van der Waals surface area (Å²) in [5.41, 5.74) is 36.5. The minimum absolute atomic E-state index is 0.821. The molecule has 5 heterocycles. The van der Waals surface area contributed by atoms with Gasteiger partial charge in [-0.3, -0.25) is 0 Å². The first-order valence-corrected chi connectivity index (χ1v) is 44.7.